The molecular formula is C9H10BrNO3. The number of nitrogens with zero attached hydrogens (tertiary/aromatic N) is 1. The molecule has 0 bridgehead atoms. The summed E-state index contributed by atoms with van der Waals surface area (Å²) in [6.45, 7) is 2.38. The third-order valence-electron chi connectivity index (χ3n) is 2.45. The first-order valence-corrected chi connectivity index (χ1v) is 5.23. The second kappa shape index (κ2) is 3.89. The smallest absolute Gasteiger partial charge is 0.299 e. The van der Waals surface area contributed by atoms with Gasteiger partial charge in [0.2, 0.25) is 0 Å². The van der Waals surface area contributed by atoms with Crippen molar-refractivity contribution < 1.29 is 14.3 Å². The third kappa shape index (κ3) is 1.78. The largest absolute Gasteiger partial charge is 0.346 e. The van der Waals surface area contributed by atoms with Gasteiger partial charge in [-0.1, -0.05) is 0 Å². The van der Waals surface area contributed by atoms with Crippen LogP contribution in [-0.2, 0) is 14.3 Å². The van der Waals surface area contributed by atoms with Gasteiger partial charge in [-0.05, 0) is 4.83 Å². The number of likely N-dealkylation sites (tertiary alicyclic amines) is 1. The molecule has 0 aromatic rings. The monoisotopic (exact) mass is 259 g/mol. The first-order chi connectivity index (χ1) is 6.76. The van der Waals surface area contributed by atoms with Crippen molar-refractivity contribution in [3.63, 3.8) is 0 Å². The van der Waals surface area contributed by atoms with Crippen LogP contribution in [-0.4, -0.2) is 42.9 Å². The Labute approximate surface area is 90.7 Å². The molecule has 0 aromatic heterocycles. The first kappa shape index (κ1) is 9.97. The fraction of sp³-hybridized carbons (Fsp3) is 0.667. The van der Waals surface area contributed by atoms with E-state index in [1.54, 1.807) is 4.90 Å². The molecule has 2 aliphatic heterocycles. The topological polar surface area (TPSA) is 38.8 Å². The lowest BCUT2D eigenvalue weighted by atomic mass is 10.2. The van der Waals surface area contributed by atoms with Crippen LogP contribution in [0.4, 0.5) is 0 Å². The molecule has 0 atom stereocenters. The van der Waals surface area contributed by atoms with Crippen LogP contribution in [0.5, 0.6) is 0 Å². The van der Waals surface area contributed by atoms with E-state index in [9.17, 15) is 4.79 Å². The number of carbonyl (C=O) groups is 1. The molecule has 2 rings (SSSR count). The highest BCUT2D eigenvalue weighted by molar-refractivity contribution is 9.12. The average Bonchev–Trinajstić information content (AvgIpc) is 2.78. The predicted molar refractivity (Wildman–Crippen MR) is 52.5 cm³/mol. The molecule has 0 saturated carbocycles. The number of halogens is 1. The Bertz CT molecular complexity index is 301. The van der Waals surface area contributed by atoms with E-state index in [-0.39, 0.29) is 5.91 Å². The van der Waals surface area contributed by atoms with Crippen molar-refractivity contribution in [1.82, 2.24) is 4.90 Å². The van der Waals surface area contributed by atoms with Gasteiger partial charge >= 0.3 is 0 Å². The number of hydrogen-bond donors (Lipinski definition) is 0. The van der Waals surface area contributed by atoms with E-state index < -0.39 is 5.79 Å². The molecule has 5 heteroatoms. The normalized spacial score (nSPS) is 23.6. The Kier molecular flexibility index (Phi) is 2.77. The van der Waals surface area contributed by atoms with Crippen LogP contribution in [0.25, 0.3) is 0 Å². The van der Waals surface area contributed by atoms with Gasteiger partial charge in [0.15, 0.2) is 5.79 Å². The summed E-state index contributed by atoms with van der Waals surface area (Å²) in [5.41, 5.74) is 0. The Morgan fingerprint density at radius 2 is 2.14 bits per heavy atom. The summed E-state index contributed by atoms with van der Waals surface area (Å²) < 4.78 is 11.0. The predicted octanol–water partition coefficient (Wildman–Crippen LogP) is 0.318. The van der Waals surface area contributed by atoms with Crippen molar-refractivity contribution in [3.05, 3.63) is 0 Å². The van der Waals surface area contributed by atoms with Crippen LogP contribution in [0.2, 0.25) is 0 Å². The molecule has 0 aliphatic carbocycles. The first-order valence-electron chi connectivity index (χ1n) is 4.44. The molecule has 1 spiro atoms. The molecule has 0 N–H and O–H groups in total. The van der Waals surface area contributed by atoms with E-state index in [4.69, 9.17) is 9.47 Å². The van der Waals surface area contributed by atoms with Gasteiger partial charge in [-0.25, -0.2) is 0 Å². The summed E-state index contributed by atoms with van der Waals surface area (Å²) >= 11 is 2.90. The van der Waals surface area contributed by atoms with Gasteiger partial charge < -0.3 is 14.4 Å². The quantitative estimate of drug-likeness (QED) is 0.589. The zero-order chi connectivity index (χ0) is 10.0. The zero-order valence-corrected chi connectivity index (χ0v) is 9.17. The Balaban J connectivity index is 1.99. The van der Waals surface area contributed by atoms with Crippen molar-refractivity contribution >= 4 is 21.8 Å². The van der Waals surface area contributed by atoms with Gasteiger partial charge in [0, 0.05) is 34.8 Å². The maximum absolute atomic E-state index is 11.4. The minimum absolute atomic E-state index is 0.183. The SMILES string of the molecule is O=C(C#CBr)N1CCC2(C1)OCCO2. The maximum atomic E-state index is 11.4. The number of ether oxygens (including phenoxy) is 2. The third-order valence-corrected chi connectivity index (χ3v) is 2.65. The van der Waals surface area contributed by atoms with Crippen LogP contribution in [0.3, 0.4) is 0 Å². The van der Waals surface area contributed by atoms with Gasteiger partial charge in [0.05, 0.1) is 19.8 Å². The minimum Gasteiger partial charge on any atom is -0.346 e. The van der Waals surface area contributed by atoms with Crippen LogP contribution in [0, 0.1) is 10.8 Å². The molecule has 1 amide bonds. The van der Waals surface area contributed by atoms with Crippen molar-refractivity contribution in [2.75, 3.05) is 26.3 Å². The molecular weight excluding hydrogens is 250 g/mol. The molecule has 2 saturated heterocycles. The molecule has 2 aliphatic rings. The summed E-state index contributed by atoms with van der Waals surface area (Å²) in [7, 11) is 0. The highest BCUT2D eigenvalue weighted by atomic mass is 79.9. The second-order valence-electron chi connectivity index (χ2n) is 3.30. The summed E-state index contributed by atoms with van der Waals surface area (Å²) in [5, 5.41) is 0. The lowest BCUT2D eigenvalue weighted by Crippen LogP contribution is -2.36. The average molecular weight is 260 g/mol. The minimum atomic E-state index is -0.538. The molecule has 0 aromatic carbocycles. The van der Waals surface area contributed by atoms with Crippen LogP contribution in [0.15, 0.2) is 0 Å². The van der Waals surface area contributed by atoms with Gasteiger partial charge in [-0.2, -0.15) is 0 Å². The van der Waals surface area contributed by atoms with Crippen molar-refractivity contribution in [2.24, 2.45) is 0 Å². The van der Waals surface area contributed by atoms with Crippen LogP contribution >= 0.6 is 15.9 Å². The molecule has 2 heterocycles. The number of rotatable bonds is 0. The zero-order valence-electron chi connectivity index (χ0n) is 7.59. The van der Waals surface area contributed by atoms with E-state index in [2.05, 4.69) is 26.7 Å². The summed E-state index contributed by atoms with van der Waals surface area (Å²) in [6.07, 6.45) is 0.739. The van der Waals surface area contributed by atoms with E-state index in [0.29, 0.717) is 26.3 Å². The highest BCUT2D eigenvalue weighted by Gasteiger charge is 2.44. The lowest BCUT2D eigenvalue weighted by Gasteiger charge is -2.21. The molecule has 76 valence electrons. The van der Waals surface area contributed by atoms with Crippen LogP contribution in [0.1, 0.15) is 6.42 Å². The Hall–Kier alpha value is -0.570. The van der Waals surface area contributed by atoms with E-state index in [0.717, 1.165) is 6.42 Å². The van der Waals surface area contributed by atoms with Gasteiger partial charge in [-0.15, -0.1) is 0 Å². The molecule has 0 radical (unpaired) electrons. The Morgan fingerprint density at radius 3 is 2.79 bits per heavy atom. The maximum Gasteiger partial charge on any atom is 0.299 e. The number of hydrogen-bond acceptors (Lipinski definition) is 3. The van der Waals surface area contributed by atoms with Gasteiger partial charge in [-0.3, -0.25) is 4.79 Å². The lowest BCUT2D eigenvalue weighted by molar-refractivity contribution is -0.150. The van der Waals surface area contributed by atoms with E-state index in [1.807, 2.05) is 0 Å². The molecule has 4 nitrogen and oxygen atoms in total. The second-order valence-corrected chi connectivity index (χ2v) is 3.70. The summed E-state index contributed by atoms with van der Waals surface area (Å²) in [6, 6.07) is 0. The molecule has 2 fully saturated rings. The fourth-order valence-corrected chi connectivity index (χ4v) is 1.95. The van der Waals surface area contributed by atoms with Crippen molar-refractivity contribution in [2.45, 2.75) is 12.2 Å². The molecule has 14 heavy (non-hydrogen) atoms. The number of carbonyl (C=O) groups excluding carboxylic acids is 1. The van der Waals surface area contributed by atoms with Gasteiger partial charge in [0.25, 0.3) is 5.91 Å². The van der Waals surface area contributed by atoms with Crippen molar-refractivity contribution in [1.29, 1.82) is 0 Å². The van der Waals surface area contributed by atoms with Crippen molar-refractivity contribution in [3.8, 4) is 10.8 Å². The molecule has 0 unspecified atom stereocenters. The highest BCUT2D eigenvalue weighted by Crippen LogP contribution is 2.30. The Morgan fingerprint density at radius 1 is 1.43 bits per heavy atom. The summed E-state index contributed by atoms with van der Waals surface area (Å²) in [5.74, 6) is 1.72. The van der Waals surface area contributed by atoms with E-state index >= 15 is 0 Å². The van der Waals surface area contributed by atoms with Crippen LogP contribution < -0.4 is 0 Å². The fourth-order valence-electron chi connectivity index (χ4n) is 1.78. The van der Waals surface area contributed by atoms with Gasteiger partial charge in [0.1, 0.15) is 0 Å². The number of amides is 1. The van der Waals surface area contributed by atoms with E-state index in [1.165, 1.54) is 0 Å². The standard InChI is InChI=1S/C9H10BrNO3/c10-3-1-8(12)11-4-2-9(7-11)13-5-6-14-9/h2,4-7H2. The summed E-state index contributed by atoms with van der Waals surface area (Å²) in [4.78, 5) is 15.5.